The number of benzene rings is 1. The number of carbonyl (C=O) groups is 1. The van der Waals surface area contributed by atoms with Crippen molar-refractivity contribution < 1.29 is 4.79 Å². The number of carbonyl (C=O) groups excluding carboxylic acids is 1. The van der Waals surface area contributed by atoms with Crippen LogP contribution < -0.4 is 4.90 Å². The minimum absolute atomic E-state index is 0.0431. The van der Waals surface area contributed by atoms with Gasteiger partial charge in [-0.2, -0.15) is 5.10 Å². The number of pyridine rings is 1. The highest BCUT2D eigenvalue weighted by atomic mass is 16.2. The van der Waals surface area contributed by atoms with Crippen LogP contribution in [0.15, 0.2) is 42.7 Å². The van der Waals surface area contributed by atoms with Gasteiger partial charge >= 0.3 is 0 Å². The van der Waals surface area contributed by atoms with Crippen LogP contribution in [0.4, 0.5) is 5.69 Å². The van der Waals surface area contributed by atoms with Crippen molar-refractivity contribution in [1.29, 1.82) is 0 Å². The van der Waals surface area contributed by atoms with Crippen molar-refractivity contribution >= 4 is 22.5 Å². The number of unbranched alkanes of at least 4 members (excludes halogenated alkanes) is 1. The van der Waals surface area contributed by atoms with E-state index >= 15 is 0 Å². The second-order valence-electron chi connectivity index (χ2n) is 5.99. The van der Waals surface area contributed by atoms with E-state index in [1.54, 1.807) is 18.1 Å². The summed E-state index contributed by atoms with van der Waals surface area (Å²) in [4.78, 5) is 18.8. The molecule has 0 aliphatic heterocycles. The summed E-state index contributed by atoms with van der Waals surface area (Å²) in [6.07, 6.45) is 5.78. The lowest BCUT2D eigenvalue weighted by Crippen LogP contribution is -2.26. The van der Waals surface area contributed by atoms with Gasteiger partial charge in [0.25, 0.3) is 5.91 Å². The number of anilines is 1. The molecule has 3 aromatic rings. The molecule has 0 fully saturated rings. The van der Waals surface area contributed by atoms with Gasteiger partial charge in [0.15, 0.2) is 0 Å². The Morgan fingerprint density at radius 3 is 2.92 bits per heavy atom. The third kappa shape index (κ3) is 3.15. The fourth-order valence-corrected chi connectivity index (χ4v) is 2.73. The summed E-state index contributed by atoms with van der Waals surface area (Å²) in [6.45, 7) is 4.87. The van der Waals surface area contributed by atoms with Gasteiger partial charge in [-0.25, -0.2) is 0 Å². The predicted octanol–water partition coefficient (Wildman–Crippen LogP) is 3.82. The van der Waals surface area contributed by atoms with Crippen molar-refractivity contribution in [3.63, 3.8) is 0 Å². The Morgan fingerprint density at radius 1 is 1.29 bits per heavy atom. The maximum Gasteiger partial charge on any atom is 0.261 e. The topological polar surface area (TPSA) is 51.0 Å². The highest BCUT2D eigenvalue weighted by Crippen LogP contribution is 2.22. The number of aryl methyl sites for hydroxylation is 2. The van der Waals surface area contributed by atoms with Crippen LogP contribution in [0.2, 0.25) is 0 Å². The average molecular weight is 322 g/mol. The zero-order valence-corrected chi connectivity index (χ0v) is 14.4. The molecule has 2 heterocycles. The average Bonchev–Trinajstić information content (AvgIpc) is 2.98. The molecule has 24 heavy (non-hydrogen) atoms. The van der Waals surface area contributed by atoms with Gasteiger partial charge in [-0.05, 0) is 37.6 Å². The number of aromatic nitrogens is 3. The monoisotopic (exact) mass is 322 g/mol. The second kappa shape index (κ2) is 6.83. The lowest BCUT2D eigenvalue weighted by Gasteiger charge is -2.17. The Kier molecular flexibility index (Phi) is 4.60. The smallest absolute Gasteiger partial charge is 0.261 e. The van der Waals surface area contributed by atoms with E-state index in [1.165, 1.54) is 0 Å². The quantitative estimate of drug-likeness (QED) is 0.717. The summed E-state index contributed by atoms with van der Waals surface area (Å²) in [5.74, 6) is -0.0431. The molecule has 1 amide bonds. The Labute approximate surface area is 141 Å². The van der Waals surface area contributed by atoms with Gasteiger partial charge in [0, 0.05) is 37.1 Å². The standard InChI is InChI=1S/C19H22N4O/c1-4-5-11-23-13-17(14(2)21-23)19(24)22(3)16-8-9-18-15(12-16)7-6-10-20-18/h6-10,12-13H,4-5,11H2,1-3H3. The van der Waals surface area contributed by atoms with Gasteiger partial charge in [0.2, 0.25) is 0 Å². The molecule has 0 unspecified atom stereocenters. The normalized spacial score (nSPS) is 11.0. The van der Waals surface area contributed by atoms with Gasteiger partial charge in [-0.15, -0.1) is 0 Å². The molecule has 0 atom stereocenters. The number of hydrogen-bond acceptors (Lipinski definition) is 3. The zero-order chi connectivity index (χ0) is 17.1. The highest BCUT2D eigenvalue weighted by molar-refractivity contribution is 6.07. The number of nitrogens with zero attached hydrogens (tertiary/aromatic N) is 4. The Bertz CT molecular complexity index is 869. The second-order valence-corrected chi connectivity index (χ2v) is 5.99. The van der Waals surface area contributed by atoms with Crippen molar-refractivity contribution in [3.8, 4) is 0 Å². The molecular formula is C19H22N4O. The first-order chi connectivity index (χ1) is 11.6. The zero-order valence-electron chi connectivity index (χ0n) is 14.4. The van der Waals surface area contributed by atoms with Crippen LogP contribution in [0, 0.1) is 6.92 Å². The van der Waals surface area contributed by atoms with E-state index in [2.05, 4.69) is 17.0 Å². The molecule has 0 saturated carbocycles. The number of rotatable bonds is 5. The van der Waals surface area contributed by atoms with Crippen LogP contribution in [-0.4, -0.2) is 27.7 Å². The molecule has 0 aliphatic rings. The number of amides is 1. The minimum atomic E-state index is -0.0431. The minimum Gasteiger partial charge on any atom is -0.311 e. The molecule has 5 heteroatoms. The van der Waals surface area contributed by atoms with Crippen molar-refractivity contribution in [2.24, 2.45) is 0 Å². The molecule has 124 valence electrons. The van der Waals surface area contributed by atoms with Crippen LogP contribution in [0.3, 0.4) is 0 Å². The molecule has 0 aliphatic carbocycles. The summed E-state index contributed by atoms with van der Waals surface area (Å²) < 4.78 is 1.87. The van der Waals surface area contributed by atoms with Crippen LogP contribution in [0.25, 0.3) is 10.9 Å². The lowest BCUT2D eigenvalue weighted by atomic mass is 10.1. The summed E-state index contributed by atoms with van der Waals surface area (Å²) in [5.41, 5.74) is 3.19. The van der Waals surface area contributed by atoms with E-state index in [0.717, 1.165) is 41.7 Å². The van der Waals surface area contributed by atoms with Crippen LogP contribution in [0.1, 0.15) is 35.8 Å². The van der Waals surface area contributed by atoms with E-state index in [-0.39, 0.29) is 5.91 Å². The summed E-state index contributed by atoms with van der Waals surface area (Å²) in [5, 5.41) is 5.47. The summed E-state index contributed by atoms with van der Waals surface area (Å²) in [7, 11) is 1.79. The van der Waals surface area contributed by atoms with Crippen molar-refractivity contribution in [1.82, 2.24) is 14.8 Å². The SMILES string of the molecule is CCCCn1cc(C(=O)N(C)c2ccc3ncccc3c2)c(C)n1. The third-order valence-electron chi connectivity index (χ3n) is 4.20. The van der Waals surface area contributed by atoms with Gasteiger partial charge in [-0.1, -0.05) is 19.4 Å². The van der Waals surface area contributed by atoms with E-state index in [1.807, 2.05) is 48.1 Å². The van der Waals surface area contributed by atoms with Crippen molar-refractivity contribution in [3.05, 3.63) is 54.0 Å². The highest BCUT2D eigenvalue weighted by Gasteiger charge is 2.19. The third-order valence-corrected chi connectivity index (χ3v) is 4.20. The molecule has 3 rings (SSSR count). The first-order valence-corrected chi connectivity index (χ1v) is 8.27. The molecule has 2 aromatic heterocycles. The maximum atomic E-state index is 12.8. The predicted molar refractivity (Wildman–Crippen MR) is 96.3 cm³/mol. The summed E-state index contributed by atoms with van der Waals surface area (Å²) in [6, 6.07) is 9.74. The van der Waals surface area contributed by atoms with E-state index in [4.69, 9.17) is 0 Å². The number of fused-ring (bicyclic) bond motifs is 1. The van der Waals surface area contributed by atoms with Crippen LogP contribution in [-0.2, 0) is 6.54 Å². The first-order valence-electron chi connectivity index (χ1n) is 8.27. The maximum absolute atomic E-state index is 12.8. The fraction of sp³-hybridized carbons (Fsp3) is 0.316. The van der Waals surface area contributed by atoms with Crippen LogP contribution >= 0.6 is 0 Å². The van der Waals surface area contributed by atoms with Gasteiger partial charge in [-0.3, -0.25) is 14.5 Å². The Morgan fingerprint density at radius 2 is 2.12 bits per heavy atom. The lowest BCUT2D eigenvalue weighted by molar-refractivity contribution is 0.0992. The molecule has 0 saturated heterocycles. The van der Waals surface area contributed by atoms with Gasteiger partial charge < -0.3 is 4.90 Å². The van der Waals surface area contributed by atoms with E-state index in [9.17, 15) is 4.79 Å². The van der Waals surface area contributed by atoms with E-state index in [0.29, 0.717) is 5.56 Å². The van der Waals surface area contributed by atoms with Crippen molar-refractivity contribution in [2.75, 3.05) is 11.9 Å². The molecular weight excluding hydrogens is 300 g/mol. The fourth-order valence-electron chi connectivity index (χ4n) is 2.73. The largest absolute Gasteiger partial charge is 0.311 e. The molecule has 5 nitrogen and oxygen atoms in total. The number of hydrogen-bond donors (Lipinski definition) is 0. The summed E-state index contributed by atoms with van der Waals surface area (Å²) >= 11 is 0. The Hall–Kier alpha value is -2.69. The van der Waals surface area contributed by atoms with Gasteiger partial charge in [0.05, 0.1) is 16.8 Å². The van der Waals surface area contributed by atoms with Gasteiger partial charge in [0.1, 0.15) is 0 Å². The van der Waals surface area contributed by atoms with Crippen LogP contribution in [0.5, 0.6) is 0 Å². The molecule has 0 N–H and O–H groups in total. The molecule has 0 radical (unpaired) electrons. The Balaban J connectivity index is 1.86. The van der Waals surface area contributed by atoms with Crippen molar-refractivity contribution in [2.45, 2.75) is 33.2 Å². The molecule has 0 spiro atoms. The first kappa shape index (κ1) is 16.2. The molecule has 1 aromatic carbocycles. The molecule has 0 bridgehead atoms. The van der Waals surface area contributed by atoms with E-state index < -0.39 is 0 Å².